The van der Waals surface area contributed by atoms with E-state index in [4.69, 9.17) is 0 Å². The van der Waals surface area contributed by atoms with E-state index in [0.717, 1.165) is 28.3 Å². The van der Waals surface area contributed by atoms with Crippen LogP contribution in [0.4, 0.5) is 17.6 Å². The van der Waals surface area contributed by atoms with Gasteiger partial charge < -0.3 is 0 Å². The summed E-state index contributed by atoms with van der Waals surface area (Å²) in [6.45, 7) is 3.20. The third-order valence-corrected chi connectivity index (χ3v) is 6.55. The van der Waals surface area contributed by atoms with Gasteiger partial charge in [0, 0.05) is 24.4 Å². The molecule has 4 rings (SSSR count). The smallest absolute Gasteiger partial charge is 0.290 e. The monoisotopic (exact) mass is 425 g/mol. The minimum Gasteiger partial charge on any atom is -0.290 e. The van der Waals surface area contributed by atoms with E-state index in [9.17, 15) is 21.6 Å². The number of pyridine rings is 2. The molecule has 0 saturated carbocycles. The fourth-order valence-electron chi connectivity index (χ4n) is 3.39. The number of allylic oxidation sites excluding steroid dienone is 1. The molecule has 0 amide bonds. The van der Waals surface area contributed by atoms with Gasteiger partial charge in [0.1, 0.15) is 17.0 Å². The zero-order chi connectivity index (χ0) is 21.1. The molecule has 0 spiro atoms. The minimum absolute atomic E-state index is 0.00221. The van der Waals surface area contributed by atoms with E-state index < -0.39 is 27.4 Å². The van der Waals surface area contributed by atoms with Gasteiger partial charge in [-0.25, -0.2) is 17.8 Å². The van der Waals surface area contributed by atoms with Crippen molar-refractivity contribution in [2.45, 2.75) is 31.5 Å². The highest BCUT2D eigenvalue weighted by molar-refractivity contribution is 7.91. The Balaban J connectivity index is 2.00. The Bertz CT molecular complexity index is 1290. The minimum atomic E-state index is -4.62. The molecule has 3 aromatic rings. The fourth-order valence-corrected chi connectivity index (χ4v) is 4.58. The molecule has 0 fully saturated rings. The number of nitrogens with zero attached hydrogens (tertiary/aromatic N) is 3. The van der Waals surface area contributed by atoms with Gasteiger partial charge >= 0.3 is 6.18 Å². The molecule has 0 N–H and O–H groups in total. The maximum absolute atomic E-state index is 15.1. The van der Waals surface area contributed by atoms with Gasteiger partial charge in [-0.05, 0) is 30.2 Å². The molecular weight excluding hydrogens is 410 g/mol. The number of aromatic nitrogens is 3. The molecule has 29 heavy (non-hydrogen) atoms. The zero-order valence-corrected chi connectivity index (χ0v) is 16.2. The molecule has 0 aromatic carbocycles. The van der Waals surface area contributed by atoms with Crippen LogP contribution in [-0.2, 0) is 22.4 Å². The predicted octanol–water partition coefficient (Wildman–Crippen LogP) is 4.24. The number of alkyl halides is 3. The van der Waals surface area contributed by atoms with Gasteiger partial charge in [0.2, 0.25) is 0 Å². The standard InChI is InChI=1S/C19H15F4N3O2S/c1-3-29(27,28)18-17(13-7-11-6-10(2)9-24-16(11)15(13)20)25-14-8-12(19(21,22)23)4-5-26(14)18/h4-6,8-9H,3,7H2,1-2H3. The number of sulfone groups is 1. The molecular formula is C19H15F4N3O2S. The Hall–Kier alpha value is -2.75. The van der Waals surface area contributed by atoms with E-state index in [-0.39, 0.29) is 39.8 Å². The first-order chi connectivity index (χ1) is 13.5. The van der Waals surface area contributed by atoms with E-state index in [1.54, 1.807) is 13.0 Å². The highest BCUT2D eigenvalue weighted by atomic mass is 32.2. The molecule has 0 radical (unpaired) electrons. The van der Waals surface area contributed by atoms with Crippen molar-refractivity contribution in [3.63, 3.8) is 0 Å². The third kappa shape index (κ3) is 3.11. The van der Waals surface area contributed by atoms with Gasteiger partial charge in [-0.1, -0.05) is 13.0 Å². The first kappa shape index (κ1) is 19.6. The van der Waals surface area contributed by atoms with Crippen molar-refractivity contribution in [2.75, 3.05) is 5.75 Å². The summed E-state index contributed by atoms with van der Waals surface area (Å²) in [5.41, 5.74) is 0.111. The average molecular weight is 425 g/mol. The van der Waals surface area contributed by atoms with Gasteiger partial charge in [0.05, 0.1) is 11.3 Å². The quantitative estimate of drug-likeness (QED) is 0.589. The predicted molar refractivity (Wildman–Crippen MR) is 98.5 cm³/mol. The van der Waals surface area contributed by atoms with Crippen LogP contribution in [0, 0.1) is 6.92 Å². The Morgan fingerprint density at radius 3 is 2.59 bits per heavy atom. The van der Waals surface area contributed by atoms with E-state index in [1.165, 1.54) is 13.1 Å². The van der Waals surface area contributed by atoms with Gasteiger partial charge in [-0.15, -0.1) is 0 Å². The Kier molecular flexibility index (Phi) is 4.30. The van der Waals surface area contributed by atoms with E-state index >= 15 is 4.39 Å². The second-order valence-corrected chi connectivity index (χ2v) is 8.99. The van der Waals surface area contributed by atoms with Crippen molar-refractivity contribution in [1.82, 2.24) is 14.4 Å². The largest absolute Gasteiger partial charge is 0.416 e. The summed E-state index contributed by atoms with van der Waals surface area (Å²) in [7, 11) is -3.92. The van der Waals surface area contributed by atoms with Crippen LogP contribution >= 0.6 is 0 Å². The molecule has 1 aliphatic rings. The lowest BCUT2D eigenvalue weighted by Crippen LogP contribution is -2.11. The van der Waals surface area contributed by atoms with Crippen molar-refractivity contribution in [1.29, 1.82) is 0 Å². The number of halogens is 4. The Morgan fingerprint density at radius 2 is 1.93 bits per heavy atom. The molecule has 1 aliphatic carbocycles. The maximum atomic E-state index is 15.1. The summed E-state index contributed by atoms with van der Waals surface area (Å²) < 4.78 is 80.8. The second-order valence-electron chi connectivity index (χ2n) is 6.80. The van der Waals surface area contributed by atoms with Gasteiger partial charge in [-0.2, -0.15) is 13.2 Å². The summed E-state index contributed by atoms with van der Waals surface area (Å²) in [4.78, 5) is 8.16. The molecule has 3 heterocycles. The molecule has 152 valence electrons. The third-order valence-electron chi connectivity index (χ3n) is 4.81. The molecule has 10 heteroatoms. The lowest BCUT2D eigenvalue weighted by Gasteiger charge is -2.08. The highest BCUT2D eigenvalue weighted by Gasteiger charge is 2.35. The van der Waals surface area contributed by atoms with Crippen molar-refractivity contribution >= 4 is 26.9 Å². The van der Waals surface area contributed by atoms with Crippen LogP contribution in [0.25, 0.3) is 17.0 Å². The molecule has 0 saturated heterocycles. The molecule has 3 aromatic heterocycles. The second kappa shape index (κ2) is 6.38. The normalized spacial score (nSPS) is 14.7. The van der Waals surface area contributed by atoms with E-state index in [2.05, 4.69) is 9.97 Å². The summed E-state index contributed by atoms with van der Waals surface area (Å²) >= 11 is 0. The maximum Gasteiger partial charge on any atom is 0.416 e. The van der Waals surface area contributed by atoms with Crippen LogP contribution in [0.15, 0.2) is 35.6 Å². The van der Waals surface area contributed by atoms with Crippen LogP contribution < -0.4 is 0 Å². The molecule has 0 atom stereocenters. The van der Waals surface area contributed by atoms with Crippen LogP contribution in [0.5, 0.6) is 0 Å². The van der Waals surface area contributed by atoms with Crippen LogP contribution in [0.2, 0.25) is 0 Å². The lowest BCUT2D eigenvalue weighted by atomic mass is 10.1. The summed E-state index contributed by atoms with van der Waals surface area (Å²) in [5.74, 6) is -1.03. The lowest BCUT2D eigenvalue weighted by molar-refractivity contribution is -0.137. The first-order valence-electron chi connectivity index (χ1n) is 8.70. The topological polar surface area (TPSA) is 64.3 Å². The van der Waals surface area contributed by atoms with Crippen LogP contribution in [0.3, 0.4) is 0 Å². The van der Waals surface area contributed by atoms with Gasteiger partial charge in [0.25, 0.3) is 0 Å². The van der Waals surface area contributed by atoms with Crippen LogP contribution in [-0.4, -0.2) is 28.5 Å². The summed E-state index contributed by atoms with van der Waals surface area (Å²) in [5, 5.41) is -0.321. The van der Waals surface area contributed by atoms with Gasteiger partial charge in [0.15, 0.2) is 20.7 Å². The van der Waals surface area contributed by atoms with Crippen LogP contribution in [0.1, 0.15) is 35.0 Å². The van der Waals surface area contributed by atoms with E-state index in [1.807, 2.05) is 0 Å². The molecule has 0 aliphatic heterocycles. The average Bonchev–Trinajstić information content (AvgIpc) is 3.18. The fraction of sp³-hybridized carbons (Fsp3) is 0.263. The number of hydrogen-bond acceptors (Lipinski definition) is 4. The van der Waals surface area contributed by atoms with Gasteiger partial charge in [-0.3, -0.25) is 9.38 Å². The van der Waals surface area contributed by atoms with Crippen molar-refractivity contribution in [3.8, 4) is 0 Å². The zero-order valence-electron chi connectivity index (χ0n) is 15.4. The number of aryl methyl sites for hydroxylation is 1. The molecule has 5 nitrogen and oxygen atoms in total. The number of hydrogen-bond donors (Lipinski definition) is 0. The summed E-state index contributed by atoms with van der Waals surface area (Å²) in [6.07, 6.45) is -2.07. The molecule has 0 bridgehead atoms. The van der Waals surface area contributed by atoms with Crippen molar-refractivity contribution < 1.29 is 26.0 Å². The molecule has 0 unspecified atom stereocenters. The first-order valence-corrected chi connectivity index (χ1v) is 10.3. The number of imidazole rings is 1. The Labute approximate surface area is 163 Å². The Morgan fingerprint density at radius 1 is 1.21 bits per heavy atom. The number of fused-ring (bicyclic) bond motifs is 2. The SMILES string of the molecule is CCS(=O)(=O)c1c(C2=C(F)c3ncc(C)cc3C2)nc2cc(C(F)(F)F)ccn12. The number of rotatable bonds is 3. The van der Waals surface area contributed by atoms with E-state index in [0.29, 0.717) is 5.56 Å². The van der Waals surface area contributed by atoms with Crippen molar-refractivity contribution in [2.24, 2.45) is 0 Å². The highest BCUT2D eigenvalue weighted by Crippen LogP contribution is 2.41. The summed E-state index contributed by atoms with van der Waals surface area (Å²) in [6, 6.07) is 3.26. The van der Waals surface area contributed by atoms with Crippen molar-refractivity contribution in [3.05, 3.63) is 58.7 Å².